The van der Waals surface area contributed by atoms with Crippen molar-refractivity contribution in [1.82, 2.24) is 0 Å². The smallest absolute Gasteiger partial charge is 0.162 e. The Morgan fingerprint density at radius 2 is 1.42 bits per heavy atom. The fraction of sp³-hybridized carbons (Fsp3) is 0.133. The van der Waals surface area contributed by atoms with Crippen molar-refractivity contribution in [1.29, 1.82) is 0 Å². The van der Waals surface area contributed by atoms with Gasteiger partial charge in [0.05, 0.1) is 0 Å². The third-order valence-corrected chi connectivity index (χ3v) is 2.95. The summed E-state index contributed by atoms with van der Waals surface area (Å²) in [7, 11) is 0. The number of aryl methyl sites for hydroxylation is 2. The molecule has 0 fully saturated rings. The Labute approximate surface area is 201 Å². The molecule has 9 nitrogen and oxygen atoms in total. The van der Waals surface area contributed by atoms with Gasteiger partial charge >= 0.3 is 0 Å². The van der Waals surface area contributed by atoms with Crippen molar-refractivity contribution in [3.8, 4) is 0 Å². The standard InChI is InChI=1S/C14H11N5O4.CH3.2Y/c1-9-7-11(18(20)21)3-5-13(9)15-17-16-14-6-4-12(19(22)23)8-10(14)2;;;/h3-6H,1-2H3,(H,15,16);1H3;;/q-2;+1;;. The molecule has 0 aliphatic carbocycles. The van der Waals surface area contributed by atoms with Crippen molar-refractivity contribution in [2.45, 2.75) is 13.8 Å². The average molecular weight is 506 g/mol. The Balaban J connectivity index is 0. The monoisotopic (exact) mass is 506 g/mol. The molecule has 0 amide bonds. The molecule has 0 spiro atoms. The predicted molar refractivity (Wildman–Crippen MR) is 87.9 cm³/mol. The summed E-state index contributed by atoms with van der Waals surface area (Å²) in [6.07, 6.45) is 0. The molecule has 130 valence electrons. The molecule has 0 heterocycles. The number of benzene rings is 2. The number of rotatable bonds is 5. The van der Waals surface area contributed by atoms with Crippen LogP contribution < -0.4 is 5.43 Å². The maximum absolute atomic E-state index is 10.6. The van der Waals surface area contributed by atoms with Crippen LogP contribution in [-0.4, -0.2) is 9.85 Å². The van der Waals surface area contributed by atoms with E-state index in [1.165, 1.54) is 24.3 Å². The Morgan fingerprint density at radius 1 is 0.923 bits per heavy atom. The van der Waals surface area contributed by atoms with Gasteiger partial charge in [-0.1, -0.05) is 43.3 Å². The largest absolute Gasteiger partial charge is 0.314 e. The van der Waals surface area contributed by atoms with Gasteiger partial charge in [0.15, 0.2) is 11.4 Å². The van der Waals surface area contributed by atoms with Crippen LogP contribution in [0.1, 0.15) is 11.1 Å². The molecule has 0 saturated carbocycles. The molecule has 0 saturated heterocycles. The van der Waals surface area contributed by atoms with Crippen molar-refractivity contribution >= 4 is 22.7 Å². The zero-order valence-corrected chi connectivity index (χ0v) is 20.1. The van der Waals surface area contributed by atoms with Gasteiger partial charge in [-0.2, -0.15) is 0 Å². The Bertz CT molecular complexity index is 815. The first-order chi connectivity index (χ1) is 10.9. The third kappa shape index (κ3) is 7.15. The molecule has 0 unspecified atom stereocenters. The molecule has 0 aromatic heterocycles. The van der Waals surface area contributed by atoms with Crippen LogP contribution >= 0.6 is 0 Å². The molecular formula is C15H14N5O4Y2-. The number of nitro groups is 2. The normalized spacial score (nSPS) is 9.46. The first-order valence-electron chi connectivity index (χ1n) is 6.40. The molecule has 0 bridgehead atoms. The summed E-state index contributed by atoms with van der Waals surface area (Å²) in [6.45, 7) is 3.28. The van der Waals surface area contributed by atoms with Gasteiger partial charge in [-0.15, -0.1) is 23.3 Å². The fourth-order valence-electron chi connectivity index (χ4n) is 1.74. The second-order valence-corrected chi connectivity index (χ2v) is 4.56. The number of nitrogens with zero attached hydrogens (tertiary/aromatic N) is 4. The molecule has 11 heteroatoms. The number of hydrogen-bond donors (Lipinski definition) is 1. The van der Waals surface area contributed by atoms with Gasteiger partial charge in [0.25, 0.3) is 0 Å². The van der Waals surface area contributed by atoms with Crippen LogP contribution in [0.2, 0.25) is 0 Å². The molecule has 1 N–H and O–H groups in total. The van der Waals surface area contributed by atoms with E-state index in [1.807, 2.05) is 0 Å². The van der Waals surface area contributed by atoms with E-state index < -0.39 is 9.85 Å². The van der Waals surface area contributed by atoms with Crippen molar-refractivity contribution in [3.63, 3.8) is 0 Å². The molecule has 0 aliphatic heterocycles. The molecule has 0 aliphatic rings. The van der Waals surface area contributed by atoms with E-state index in [2.05, 4.69) is 27.9 Å². The molecule has 2 aromatic carbocycles. The van der Waals surface area contributed by atoms with Crippen LogP contribution in [0.5, 0.6) is 0 Å². The maximum Gasteiger partial charge on any atom is 0.162 e. The Kier molecular flexibility index (Phi) is 12.6. The number of nitrogens with one attached hydrogen (secondary N) is 1. The molecule has 2 radical (unpaired) electrons. The zero-order valence-electron chi connectivity index (χ0n) is 14.4. The van der Waals surface area contributed by atoms with E-state index in [4.69, 9.17) is 0 Å². The Morgan fingerprint density at radius 3 is 1.88 bits per heavy atom. The van der Waals surface area contributed by atoms with Crippen LogP contribution in [-0.2, 0) is 65.4 Å². The molecule has 2 rings (SSSR count). The van der Waals surface area contributed by atoms with E-state index >= 15 is 0 Å². The van der Waals surface area contributed by atoms with Gasteiger partial charge < -0.3 is 5.43 Å². The topological polar surface area (TPSA) is 123 Å². The molecule has 2 aromatic rings. The number of anilines is 1. The first kappa shape index (κ1) is 26.9. The molecule has 0 atom stereocenters. The van der Waals surface area contributed by atoms with Crippen LogP contribution in [0.25, 0.3) is 0 Å². The number of hydrogen-bond acceptors (Lipinski definition) is 6. The summed E-state index contributed by atoms with van der Waals surface area (Å²) in [5.74, 6) is 0. The summed E-state index contributed by atoms with van der Waals surface area (Å²) in [5, 5.41) is 29.0. The minimum Gasteiger partial charge on any atom is -0.314 e. The minimum absolute atomic E-state index is 0. The second-order valence-electron chi connectivity index (χ2n) is 4.56. The van der Waals surface area contributed by atoms with Gasteiger partial charge in [0.1, 0.15) is 0 Å². The van der Waals surface area contributed by atoms with E-state index in [0.717, 1.165) is 0 Å². The van der Waals surface area contributed by atoms with Crippen LogP contribution in [0.15, 0.2) is 34.6 Å². The fourth-order valence-corrected chi connectivity index (χ4v) is 1.74. The predicted octanol–water partition coefficient (Wildman–Crippen LogP) is 4.28. The quantitative estimate of drug-likeness (QED) is 0.281. The van der Waals surface area contributed by atoms with E-state index in [1.54, 1.807) is 13.8 Å². The summed E-state index contributed by atoms with van der Waals surface area (Å²) in [4.78, 5) is 20.2. The van der Waals surface area contributed by atoms with Crippen molar-refractivity contribution < 1.29 is 75.3 Å². The Hall–Kier alpha value is -1.28. The van der Waals surface area contributed by atoms with Crippen LogP contribution in [0, 0.1) is 53.6 Å². The summed E-state index contributed by atoms with van der Waals surface area (Å²) in [5.41, 5.74) is 4.31. The van der Waals surface area contributed by atoms with Gasteiger partial charge in [-0.3, -0.25) is 20.2 Å². The molecule has 26 heavy (non-hydrogen) atoms. The molecular weight excluding hydrogens is 492 g/mol. The number of non-ortho nitro benzene ring substituents is 2. The van der Waals surface area contributed by atoms with Crippen LogP contribution in [0.3, 0.4) is 0 Å². The zero-order chi connectivity index (χ0) is 17.0. The number of nitro benzene ring substituents is 2. The van der Waals surface area contributed by atoms with Crippen LogP contribution in [0.4, 0.5) is 22.7 Å². The van der Waals surface area contributed by atoms with Crippen molar-refractivity contribution in [2.24, 2.45) is 10.3 Å². The minimum atomic E-state index is -0.539. The van der Waals surface area contributed by atoms with Gasteiger partial charge in [-0.05, 0) is 11.4 Å². The van der Waals surface area contributed by atoms with E-state index in [9.17, 15) is 20.2 Å². The SMILES string of the molecule is Cc1[c-]c([N+](=O)[O-])ccc1N=NNc1ccc([N+](=O)[O-])[c-]c1C.[CH3+].[Y].[Y]. The average Bonchev–Trinajstić information content (AvgIpc) is 2.49. The van der Waals surface area contributed by atoms with E-state index in [-0.39, 0.29) is 84.2 Å². The van der Waals surface area contributed by atoms with E-state index in [0.29, 0.717) is 22.5 Å². The maximum atomic E-state index is 10.6. The first-order valence-corrected chi connectivity index (χ1v) is 6.40. The summed E-state index contributed by atoms with van der Waals surface area (Å²) in [6, 6.07) is 10.7. The van der Waals surface area contributed by atoms with Gasteiger partial charge in [0.2, 0.25) is 0 Å². The van der Waals surface area contributed by atoms with Crippen molar-refractivity contribution in [2.75, 3.05) is 5.43 Å². The summed E-state index contributed by atoms with van der Waals surface area (Å²) < 4.78 is 0. The second kappa shape index (κ2) is 12.2. The third-order valence-electron chi connectivity index (χ3n) is 2.95. The van der Waals surface area contributed by atoms with Gasteiger partial charge in [-0.25, -0.2) is 5.11 Å². The summed E-state index contributed by atoms with van der Waals surface area (Å²) >= 11 is 0. The van der Waals surface area contributed by atoms with Crippen molar-refractivity contribution in [3.05, 3.63) is 75.2 Å². The van der Waals surface area contributed by atoms with Gasteiger partial charge in [0, 0.05) is 82.7 Å².